The van der Waals surface area contributed by atoms with E-state index in [1.807, 2.05) is 24.3 Å². The summed E-state index contributed by atoms with van der Waals surface area (Å²) in [5.74, 6) is 0.451. The van der Waals surface area contributed by atoms with E-state index in [0.29, 0.717) is 5.92 Å². The van der Waals surface area contributed by atoms with Gasteiger partial charge in [0.25, 0.3) is 0 Å². The molecule has 0 heterocycles. The summed E-state index contributed by atoms with van der Waals surface area (Å²) >= 11 is 5.82. The van der Waals surface area contributed by atoms with Crippen molar-refractivity contribution in [2.45, 2.75) is 19.3 Å². The first-order chi connectivity index (χ1) is 7.70. The van der Waals surface area contributed by atoms with Crippen LogP contribution in [0, 0.1) is 11.8 Å². The Bertz CT molecular complexity index is 368. The van der Waals surface area contributed by atoms with Crippen LogP contribution in [0.5, 0.6) is 0 Å². The van der Waals surface area contributed by atoms with Gasteiger partial charge in [-0.2, -0.15) is 0 Å². The zero-order valence-corrected chi connectivity index (χ0v) is 10.0. The average Bonchev–Trinajstić information content (AvgIpc) is 3.11. The highest BCUT2D eigenvalue weighted by atomic mass is 35.5. The van der Waals surface area contributed by atoms with Gasteiger partial charge in [0.1, 0.15) is 0 Å². The number of benzene rings is 1. The summed E-state index contributed by atoms with van der Waals surface area (Å²) in [5, 5.41) is 0.727. The van der Waals surface area contributed by atoms with Crippen LogP contribution in [0.2, 0.25) is 5.02 Å². The molecule has 1 aromatic rings. The molecule has 0 saturated heterocycles. The molecule has 1 atom stereocenters. The van der Waals surface area contributed by atoms with Crippen molar-refractivity contribution in [3.8, 4) is 0 Å². The van der Waals surface area contributed by atoms with Crippen molar-refractivity contribution >= 4 is 17.6 Å². The molecule has 0 amide bonds. The van der Waals surface area contributed by atoms with E-state index in [-0.39, 0.29) is 11.9 Å². The fraction of sp³-hybridized carbons (Fsp3) is 0.462. The molecule has 3 heteroatoms. The highest BCUT2D eigenvalue weighted by Gasteiger charge is 2.36. The number of rotatable bonds is 4. The third kappa shape index (κ3) is 2.76. The van der Waals surface area contributed by atoms with Crippen molar-refractivity contribution in [2.75, 3.05) is 7.11 Å². The SMILES string of the molecule is COC(=O)C(Cc1ccc(Cl)cc1)C1CC1. The second kappa shape index (κ2) is 4.88. The predicted molar refractivity (Wildman–Crippen MR) is 63.4 cm³/mol. The van der Waals surface area contributed by atoms with E-state index in [1.165, 1.54) is 7.11 Å². The Morgan fingerprint density at radius 2 is 2.06 bits per heavy atom. The van der Waals surface area contributed by atoms with E-state index >= 15 is 0 Å². The summed E-state index contributed by atoms with van der Waals surface area (Å²) in [6.45, 7) is 0. The highest BCUT2D eigenvalue weighted by Crippen LogP contribution is 2.39. The van der Waals surface area contributed by atoms with Crippen molar-refractivity contribution in [3.63, 3.8) is 0 Å². The molecule has 86 valence electrons. The van der Waals surface area contributed by atoms with Crippen LogP contribution in [0.3, 0.4) is 0 Å². The number of hydrogen-bond acceptors (Lipinski definition) is 2. The zero-order chi connectivity index (χ0) is 11.5. The molecule has 0 radical (unpaired) electrons. The molecule has 1 fully saturated rings. The minimum absolute atomic E-state index is 0.0196. The number of methoxy groups -OCH3 is 1. The van der Waals surface area contributed by atoms with Crippen LogP contribution in [-0.4, -0.2) is 13.1 Å². The minimum Gasteiger partial charge on any atom is -0.469 e. The Hall–Kier alpha value is -1.02. The first-order valence-electron chi connectivity index (χ1n) is 5.53. The molecule has 0 aliphatic heterocycles. The van der Waals surface area contributed by atoms with Gasteiger partial charge in [0.15, 0.2) is 0 Å². The maximum Gasteiger partial charge on any atom is 0.309 e. The summed E-state index contributed by atoms with van der Waals surface area (Å²) in [7, 11) is 1.46. The minimum atomic E-state index is -0.0857. The summed E-state index contributed by atoms with van der Waals surface area (Å²) in [6, 6.07) is 7.66. The van der Waals surface area contributed by atoms with E-state index in [0.717, 1.165) is 29.8 Å². The fourth-order valence-electron chi connectivity index (χ4n) is 1.97. The monoisotopic (exact) mass is 238 g/mol. The summed E-state index contributed by atoms with van der Waals surface area (Å²) in [6.07, 6.45) is 3.05. The van der Waals surface area contributed by atoms with Crippen molar-refractivity contribution in [1.29, 1.82) is 0 Å². The quantitative estimate of drug-likeness (QED) is 0.754. The third-order valence-electron chi connectivity index (χ3n) is 3.06. The smallest absolute Gasteiger partial charge is 0.309 e. The highest BCUT2D eigenvalue weighted by molar-refractivity contribution is 6.30. The molecule has 2 nitrogen and oxygen atoms in total. The molecule has 0 aromatic heterocycles. The second-order valence-corrected chi connectivity index (χ2v) is 4.73. The molecule has 1 unspecified atom stereocenters. The van der Waals surface area contributed by atoms with Crippen LogP contribution < -0.4 is 0 Å². The van der Waals surface area contributed by atoms with Gasteiger partial charge in [-0.15, -0.1) is 0 Å². The third-order valence-corrected chi connectivity index (χ3v) is 3.32. The van der Waals surface area contributed by atoms with Gasteiger partial charge < -0.3 is 4.74 Å². The summed E-state index contributed by atoms with van der Waals surface area (Å²) in [5.41, 5.74) is 1.15. The van der Waals surface area contributed by atoms with Gasteiger partial charge in [-0.1, -0.05) is 23.7 Å². The molecule has 1 saturated carbocycles. The predicted octanol–water partition coefficient (Wildman–Crippen LogP) is 3.08. The molecular weight excluding hydrogens is 224 g/mol. The molecule has 0 N–H and O–H groups in total. The maximum absolute atomic E-state index is 11.6. The van der Waals surface area contributed by atoms with Gasteiger partial charge in [-0.25, -0.2) is 0 Å². The lowest BCUT2D eigenvalue weighted by atomic mass is 9.95. The molecule has 0 spiro atoms. The number of hydrogen-bond donors (Lipinski definition) is 0. The van der Waals surface area contributed by atoms with Crippen LogP contribution in [0.15, 0.2) is 24.3 Å². The Morgan fingerprint density at radius 1 is 1.44 bits per heavy atom. The lowest BCUT2D eigenvalue weighted by molar-refractivity contribution is -0.146. The number of carbonyl (C=O) groups is 1. The summed E-state index contributed by atoms with van der Waals surface area (Å²) < 4.78 is 4.84. The Morgan fingerprint density at radius 3 is 2.56 bits per heavy atom. The van der Waals surface area contributed by atoms with Crippen LogP contribution in [0.4, 0.5) is 0 Å². The second-order valence-electron chi connectivity index (χ2n) is 4.30. The first kappa shape index (κ1) is 11.5. The molecule has 16 heavy (non-hydrogen) atoms. The van der Waals surface area contributed by atoms with Crippen LogP contribution in [-0.2, 0) is 16.0 Å². The standard InChI is InChI=1S/C13H15ClO2/c1-16-13(15)12(10-4-5-10)8-9-2-6-11(14)7-3-9/h2-3,6-7,10,12H,4-5,8H2,1H3. The number of carbonyl (C=O) groups excluding carboxylic acids is 1. The normalized spacial score (nSPS) is 16.9. The van der Waals surface area contributed by atoms with Gasteiger partial charge in [-0.05, 0) is 42.9 Å². The van der Waals surface area contributed by atoms with E-state index in [1.54, 1.807) is 0 Å². The fourth-order valence-corrected chi connectivity index (χ4v) is 2.09. The molecule has 0 bridgehead atoms. The zero-order valence-electron chi connectivity index (χ0n) is 9.28. The topological polar surface area (TPSA) is 26.3 Å². The largest absolute Gasteiger partial charge is 0.469 e. The molecule has 1 aliphatic carbocycles. The van der Waals surface area contributed by atoms with Crippen molar-refractivity contribution < 1.29 is 9.53 Å². The number of halogens is 1. The van der Waals surface area contributed by atoms with E-state index in [2.05, 4.69) is 0 Å². The van der Waals surface area contributed by atoms with Gasteiger partial charge >= 0.3 is 5.97 Å². The van der Waals surface area contributed by atoms with Crippen LogP contribution in [0.1, 0.15) is 18.4 Å². The Labute approximate surface area is 101 Å². The lowest BCUT2D eigenvalue weighted by Crippen LogP contribution is -2.20. The lowest BCUT2D eigenvalue weighted by Gasteiger charge is -2.13. The van der Waals surface area contributed by atoms with Gasteiger partial charge in [0.2, 0.25) is 0 Å². The Kier molecular flexibility index (Phi) is 3.49. The molecular formula is C13H15ClO2. The van der Waals surface area contributed by atoms with Crippen LogP contribution in [0.25, 0.3) is 0 Å². The van der Waals surface area contributed by atoms with Gasteiger partial charge in [-0.3, -0.25) is 4.79 Å². The maximum atomic E-state index is 11.6. The van der Waals surface area contributed by atoms with Crippen molar-refractivity contribution in [2.24, 2.45) is 11.8 Å². The van der Waals surface area contributed by atoms with E-state index in [4.69, 9.17) is 16.3 Å². The molecule has 1 aliphatic rings. The average molecular weight is 239 g/mol. The number of ether oxygens (including phenoxy) is 1. The van der Waals surface area contributed by atoms with Gasteiger partial charge in [0.05, 0.1) is 13.0 Å². The Balaban J connectivity index is 2.05. The number of esters is 1. The van der Waals surface area contributed by atoms with E-state index in [9.17, 15) is 4.79 Å². The molecule has 1 aromatic carbocycles. The van der Waals surface area contributed by atoms with Gasteiger partial charge in [0, 0.05) is 5.02 Å². The van der Waals surface area contributed by atoms with Crippen molar-refractivity contribution in [3.05, 3.63) is 34.9 Å². The first-order valence-corrected chi connectivity index (χ1v) is 5.91. The van der Waals surface area contributed by atoms with Crippen LogP contribution >= 0.6 is 11.6 Å². The summed E-state index contributed by atoms with van der Waals surface area (Å²) in [4.78, 5) is 11.6. The van der Waals surface area contributed by atoms with E-state index < -0.39 is 0 Å². The van der Waals surface area contributed by atoms with Crippen molar-refractivity contribution in [1.82, 2.24) is 0 Å². The molecule has 2 rings (SSSR count).